The summed E-state index contributed by atoms with van der Waals surface area (Å²) in [5.41, 5.74) is 3.08. The SMILES string of the molecule is COc1cc(/C=C/c2ccc(C)cc2C)oc(=O)c1. The normalized spacial score (nSPS) is 10.9. The molecule has 0 atom stereocenters. The minimum Gasteiger partial charge on any atom is -0.496 e. The Bertz CT molecular complexity index is 666. The fourth-order valence-electron chi connectivity index (χ4n) is 1.86. The third kappa shape index (κ3) is 3.35. The highest BCUT2D eigenvalue weighted by Crippen LogP contribution is 2.16. The molecule has 3 nitrogen and oxygen atoms in total. The lowest BCUT2D eigenvalue weighted by Crippen LogP contribution is -1.98. The van der Waals surface area contributed by atoms with Gasteiger partial charge in [0, 0.05) is 6.07 Å². The lowest BCUT2D eigenvalue weighted by molar-refractivity contribution is 0.400. The van der Waals surface area contributed by atoms with E-state index < -0.39 is 5.63 Å². The maximum atomic E-state index is 11.3. The molecule has 0 radical (unpaired) electrons. The molecule has 0 aliphatic carbocycles. The summed E-state index contributed by atoms with van der Waals surface area (Å²) in [5, 5.41) is 0. The molecule has 0 unspecified atom stereocenters. The molecular weight excluding hydrogens is 240 g/mol. The lowest BCUT2D eigenvalue weighted by atomic mass is 10.1. The van der Waals surface area contributed by atoms with E-state index in [1.165, 1.54) is 24.3 Å². The van der Waals surface area contributed by atoms with Crippen LogP contribution in [0.4, 0.5) is 0 Å². The van der Waals surface area contributed by atoms with Gasteiger partial charge in [0.05, 0.1) is 13.2 Å². The maximum Gasteiger partial charge on any atom is 0.339 e. The van der Waals surface area contributed by atoms with Gasteiger partial charge < -0.3 is 9.15 Å². The molecule has 0 fully saturated rings. The van der Waals surface area contributed by atoms with Crippen molar-refractivity contribution in [2.75, 3.05) is 7.11 Å². The average molecular weight is 256 g/mol. The summed E-state index contributed by atoms with van der Waals surface area (Å²) in [7, 11) is 1.52. The van der Waals surface area contributed by atoms with Gasteiger partial charge >= 0.3 is 5.63 Å². The van der Waals surface area contributed by atoms with E-state index in [4.69, 9.17) is 9.15 Å². The molecule has 1 aromatic carbocycles. The Morgan fingerprint density at radius 2 is 1.89 bits per heavy atom. The van der Waals surface area contributed by atoms with E-state index in [1.54, 1.807) is 12.1 Å². The van der Waals surface area contributed by atoms with Gasteiger partial charge in [-0.1, -0.05) is 29.8 Å². The summed E-state index contributed by atoms with van der Waals surface area (Å²) in [5.74, 6) is 0.973. The van der Waals surface area contributed by atoms with Crippen LogP contribution in [0.15, 0.2) is 39.5 Å². The molecule has 2 aromatic rings. The largest absolute Gasteiger partial charge is 0.496 e. The van der Waals surface area contributed by atoms with Crippen LogP contribution in [0.2, 0.25) is 0 Å². The second-order valence-electron chi connectivity index (χ2n) is 4.41. The molecule has 0 amide bonds. The first-order valence-corrected chi connectivity index (χ1v) is 6.03. The van der Waals surface area contributed by atoms with Crippen LogP contribution in [-0.2, 0) is 0 Å². The molecule has 0 aliphatic heterocycles. The number of aryl methyl sites for hydroxylation is 2. The Hall–Kier alpha value is -2.29. The van der Waals surface area contributed by atoms with E-state index >= 15 is 0 Å². The fraction of sp³-hybridized carbons (Fsp3) is 0.188. The molecule has 1 aromatic heterocycles. The molecule has 0 bridgehead atoms. The van der Waals surface area contributed by atoms with E-state index in [1.807, 2.05) is 12.1 Å². The highest BCUT2D eigenvalue weighted by molar-refractivity contribution is 5.69. The Labute approximate surface area is 112 Å². The average Bonchev–Trinajstić information content (AvgIpc) is 2.37. The number of benzene rings is 1. The van der Waals surface area contributed by atoms with Gasteiger partial charge in [0.15, 0.2) is 0 Å². The predicted octanol–water partition coefficient (Wildman–Crippen LogP) is 3.44. The molecule has 19 heavy (non-hydrogen) atoms. The summed E-state index contributed by atoms with van der Waals surface area (Å²) in [4.78, 5) is 11.3. The van der Waals surface area contributed by atoms with Crippen LogP contribution in [0.5, 0.6) is 5.75 Å². The summed E-state index contributed by atoms with van der Waals surface area (Å²) in [6.07, 6.45) is 3.69. The quantitative estimate of drug-likeness (QED) is 0.844. The molecule has 0 aliphatic rings. The van der Waals surface area contributed by atoms with Gasteiger partial charge in [-0.15, -0.1) is 0 Å². The highest BCUT2D eigenvalue weighted by atomic mass is 16.5. The first-order chi connectivity index (χ1) is 9.08. The number of methoxy groups -OCH3 is 1. The Kier molecular flexibility index (Phi) is 3.85. The van der Waals surface area contributed by atoms with E-state index in [0.717, 1.165) is 5.56 Å². The molecule has 0 N–H and O–H groups in total. The van der Waals surface area contributed by atoms with E-state index in [-0.39, 0.29) is 0 Å². The van der Waals surface area contributed by atoms with Gasteiger partial charge in [-0.05, 0) is 31.1 Å². The third-order valence-electron chi connectivity index (χ3n) is 2.85. The van der Waals surface area contributed by atoms with Crippen LogP contribution < -0.4 is 10.4 Å². The number of rotatable bonds is 3. The minimum absolute atomic E-state index is 0.417. The zero-order valence-corrected chi connectivity index (χ0v) is 11.3. The minimum atomic E-state index is -0.417. The van der Waals surface area contributed by atoms with Gasteiger partial charge in [0.2, 0.25) is 0 Å². The van der Waals surface area contributed by atoms with Crippen molar-refractivity contribution in [3.05, 3.63) is 63.2 Å². The van der Waals surface area contributed by atoms with Crippen LogP contribution in [0.3, 0.4) is 0 Å². The van der Waals surface area contributed by atoms with Crippen molar-refractivity contribution in [1.82, 2.24) is 0 Å². The maximum absolute atomic E-state index is 11.3. The second-order valence-corrected chi connectivity index (χ2v) is 4.41. The summed E-state index contributed by atoms with van der Waals surface area (Å²) in [6.45, 7) is 4.11. The van der Waals surface area contributed by atoms with Crippen molar-refractivity contribution in [3.63, 3.8) is 0 Å². The summed E-state index contributed by atoms with van der Waals surface area (Å²) < 4.78 is 10.1. The smallest absolute Gasteiger partial charge is 0.339 e. The molecule has 0 saturated heterocycles. The number of hydrogen-bond donors (Lipinski definition) is 0. The van der Waals surface area contributed by atoms with Crippen LogP contribution in [0, 0.1) is 13.8 Å². The predicted molar refractivity (Wildman–Crippen MR) is 76.4 cm³/mol. The molecular formula is C16H16O3. The topological polar surface area (TPSA) is 39.4 Å². The second kappa shape index (κ2) is 5.57. The Morgan fingerprint density at radius 3 is 2.58 bits per heavy atom. The van der Waals surface area contributed by atoms with Crippen LogP contribution >= 0.6 is 0 Å². The van der Waals surface area contributed by atoms with Gasteiger partial charge in [-0.25, -0.2) is 4.79 Å². The van der Waals surface area contributed by atoms with Gasteiger partial charge in [-0.3, -0.25) is 0 Å². The molecule has 3 heteroatoms. The summed E-state index contributed by atoms with van der Waals surface area (Å²) >= 11 is 0. The monoisotopic (exact) mass is 256 g/mol. The van der Waals surface area contributed by atoms with Crippen LogP contribution in [0.1, 0.15) is 22.5 Å². The van der Waals surface area contributed by atoms with E-state index in [2.05, 4.69) is 26.0 Å². The van der Waals surface area contributed by atoms with Crippen LogP contribution in [0.25, 0.3) is 12.2 Å². The summed E-state index contributed by atoms with van der Waals surface area (Å²) in [6, 6.07) is 9.20. The van der Waals surface area contributed by atoms with E-state index in [0.29, 0.717) is 11.5 Å². The van der Waals surface area contributed by atoms with Crippen molar-refractivity contribution in [2.45, 2.75) is 13.8 Å². The zero-order chi connectivity index (χ0) is 13.8. The molecule has 2 rings (SSSR count). The lowest BCUT2D eigenvalue weighted by Gasteiger charge is -2.02. The number of hydrogen-bond acceptors (Lipinski definition) is 3. The van der Waals surface area contributed by atoms with Crippen LogP contribution in [-0.4, -0.2) is 7.11 Å². The van der Waals surface area contributed by atoms with Crippen molar-refractivity contribution < 1.29 is 9.15 Å². The van der Waals surface area contributed by atoms with Crippen molar-refractivity contribution in [2.24, 2.45) is 0 Å². The molecule has 0 spiro atoms. The van der Waals surface area contributed by atoms with Gasteiger partial charge in [0.25, 0.3) is 0 Å². The first-order valence-electron chi connectivity index (χ1n) is 6.03. The van der Waals surface area contributed by atoms with Crippen molar-refractivity contribution in [1.29, 1.82) is 0 Å². The van der Waals surface area contributed by atoms with Gasteiger partial charge in [-0.2, -0.15) is 0 Å². The molecule has 1 heterocycles. The highest BCUT2D eigenvalue weighted by Gasteiger charge is 1.99. The zero-order valence-electron chi connectivity index (χ0n) is 11.3. The fourth-order valence-corrected chi connectivity index (χ4v) is 1.86. The standard InChI is InChI=1S/C16H16O3/c1-11-4-5-13(12(2)8-11)6-7-14-9-15(18-3)10-16(17)19-14/h4-10H,1-3H3/b7-6+. The number of ether oxygens (including phenoxy) is 1. The van der Waals surface area contributed by atoms with Crippen molar-refractivity contribution >= 4 is 12.2 Å². The van der Waals surface area contributed by atoms with Gasteiger partial charge in [0.1, 0.15) is 11.5 Å². The molecule has 98 valence electrons. The molecule has 0 saturated carbocycles. The van der Waals surface area contributed by atoms with Crippen molar-refractivity contribution in [3.8, 4) is 5.75 Å². The Balaban J connectivity index is 2.32. The van der Waals surface area contributed by atoms with E-state index in [9.17, 15) is 4.79 Å². The third-order valence-corrected chi connectivity index (χ3v) is 2.85. The first kappa shape index (κ1) is 13.1. The Morgan fingerprint density at radius 1 is 1.11 bits per heavy atom.